The molecule has 0 spiro atoms. The van der Waals surface area contributed by atoms with Crippen molar-refractivity contribution in [2.75, 3.05) is 12.0 Å². The zero-order valence-corrected chi connectivity index (χ0v) is 10.2. The molecule has 18 heavy (non-hydrogen) atoms. The van der Waals surface area contributed by atoms with E-state index in [0.717, 1.165) is 12.1 Å². The number of benzene rings is 1. The van der Waals surface area contributed by atoms with E-state index in [1.54, 1.807) is 0 Å². The molecule has 0 unspecified atom stereocenters. The molecule has 4 N–H and O–H groups in total. The smallest absolute Gasteiger partial charge is 0.351 e. The molecule has 0 aliphatic rings. The molecule has 1 aromatic carbocycles. The molecule has 102 valence electrons. The molecule has 0 aliphatic carbocycles. The first kappa shape index (κ1) is 14.9. The van der Waals surface area contributed by atoms with Crippen LogP contribution >= 0.6 is 11.6 Å². The van der Waals surface area contributed by atoms with Crippen molar-refractivity contribution in [3.8, 4) is 5.75 Å². The van der Waals surface area contributed by atoms with E-state index in [1.807, 2.05) is 0 Å². The lowest BCUT2D eigenvalue weighted by Gasteiger charge is -2.17. The number of hydrogen-bond donors (Lipinski definition) is 3. The van der Waals surface area contributed by atoms with Crippen LogP contribution in [0.5, 0.6) is 5.75 Å². The molecule has 5 nitrogen and oxygen atoms in total. The summed E-state index contributed by atoms with van der Waals surface area (Å²) in [5, 5.41) is 15.2. The van der Waals surface area contributed by atoms with Gasteiger partial charge in [-0.3, -0.25) is 0 Å². The summed E-state index contributed by atoms with van der Waals surface area (Å²) < 4.78 is 59.6. The van der Waals surface area contributed by atoms with Gasteiger partial charge >= 0.3 is 6.05 Å². The van der Waals surface area contributed by atoms with Gasteiger partial charge in [0.15, 0.2) is 12.4 Å². The van der Waals surface area contributed by atoms with E-state index in [-0.39, 0.29) is 0 Å². The second kappa shape index (κ2) is 4.82. The molecular formula is C8H8ClF3N2O3S. The van der Waals surface area contributed by atoms with E-state index >= 15 is 0 Å². The molecule has 0 heterocycles. The van der Waals surface area contributed by atoms with Gasteiger partial charge in [0, 0.05) is 0 Å². The summed E-state index contributed by atoms with van der Waals surface area (Å²) in [6.07, 6.45) is 0. The van der Waals surface area contributed by atoms with Crippen molar-refractivity contribution in [3.63, 3.8) is 0 Å². The molecule has 0 amide bonds. The summed E-state index contributed by atoms with van der Waals surface area (Å²) >= 11 is 5.48. The largest absolute Gasteiger partial charge is 0.504 e. The molecule has 0 aliphatic heterocycles. The number of nitrogens with two attached hydrogens (primary N) is 1. The lowest BCUT2D eigenvalue weighted by molar-refractivity contribution is 0.00658. The molecule has 0 saturated carbocycles. The van der Waals surface area contributed by atoms with E-state index in [9.17, 15) is 26.7 Å². The molecule has 0 atom stereocenters. The Morgan fingerprint density at radius 1 is 1.44 bits per heavy atom. The molecule has 0 radical (unpaired) electrons. The normalized spacial score (nSPS) is 12.5. The van der Waals surface area contributed by atoms with E-state index in [1.165, 1.54) is 5.32 Å². The molecule has 1 aromatic rings. The van der Waals surface area contributed by atoms with Crippen LogP contribution in [0.3, 0.4) is 0 Å². The molecule has 1 rings (SSSR count). The molecular weight excluding hydrogens is 297 g/mol. The molecule has 10 heteroatoms. The Morgan fingerprint density at radius 3 is 2.44 bits per heavy atom. The van der Waals surface area contributed by atoms with E-state index in [4.69, 9.17) is 16.7 Å². The van der Waals surface area contributed by atoms with Crippen LogP contribution in [0.4, 0.5) is 18.9 Å². The number of halogens is 4. The van der Waals surface area contributed by atoms with Gasteiger partial charge < -0.3 is 10.4 Å². The number of alkyl halides is 3. The van der Waals surface area contributed by atoms with Crippen LogP contribution < -0.4 is 10.5 Å². The number of rotatable bonds is 4. The minimum atomic E-state index is -4.41. The number of phenols is 1. The van der Waals surface area contributed by atoms with Gasteiger partial charge in [0.2, 0.25) is 10.0 Å². The van der Waals surface area contributed by atoms with Gasteiger partial charge in [-0.25, -0.2) is 17.9 Å². The van der Waals surface area contributed by atoms with Gasteiger partial charge in [-0.1, -0.05) is 11.6 Å². The maximum atomic E-state index is 12.7. The number of phenolic OH excluding ortho intramolecular Hbond substituents is 1. The molecule has 0 fully saturated rings. The van der Waals surface area contributed by atoms with Gasteiger partial charge in [0.05, 0.1) is 10.7 Å². The Labute approximate surface area is 105 Å². The Bertz CT molecular complexity index is 565. The van der Waals surface area contributed by atoms with Crippen LogP contribution in [0.25, 0.3) is 0 Å². The first-order valence-electron chi connectivity index (χ1n) is 4.35. The van der Waals surface area contributed by atoms with Crippen molar-refractivity contribution in [1.29, 1.82) is 0 Å². The Kier molecular flexibility index (Phi) is 3.99. The number of aromatic hydroxyl groups is 1. The Balaban J connectivity index is 3.35. The van der Waals surface area contributed by atoms with Crippen molar-refractivity contribution >= 4 is 27.3 Å². The summed E-state index contributed by atoms with van der Waals surface area (Å²) in [5.74, 6) is -1.10. The van der Waals surface area contributed by atoms with Crippen molar-refractivity contribution in [3.05, 3.63) is 17.2 Å². The van der Waals surface area contributed by atoms with Crippen LogP contribution in [-0.4, -0.2) is 26.2 Å². The lowest BCUT2D eigenvalue weighted by atomic mass is 10.3. The number of sulfonamides is 1. The molecule has 0 saturated heterocycles. The zero-order chi connectivity index (χ0) is 14.1. The SMILES string of the molecule is NS(=O)(=O)c1c(Cl)ccc(NC(F)(F)CF)c1O. The highest BCUT2D eigenvalue weighted by Crippen LogP contribution is 2.37. The predicted octanol–water partition coefficient (Wildman–Crippen LogP) is 1.67. The number of hydrogen-bond acceptors (Lipinski definition) is 4. The van der Waals surface area contributed by atoms with Crippen molar-refractivity contribution in [1.82, 2.24) is 0 Å². The van der Waals surface area contributed by atoms with Crippen molar-refractivity contribution in [2.24, 2.45) is 5.14 Å². The van der Waals surface area contributed by atoms with Gasteiger partial charge in [0.1, 0.15) is 4.90 Å². The first-order valence-corrected chi connectivity index (χ1v) is 6.27. The second-order valence-corrected chi connectivity index (χ2v) is 5.19. The minimum Gasteiger partial charge on any atom is -0.504 e. The average Bonchev–Trinajstić information content (AvgIpc) is 2.20. The Morgan fingerprint density at radius 2 is 2.00 bits per heavy atom. The highest BCUT2D eigenvalue weighted by Gasteiger charge is 2.31. The quantitative estimate of drug-likeness (QED) is 0.583. The standard InChI is InChI=1S/C8H8ClF3N2O3S/c9-4-1-2-5(14-8(11,12)3-10)6(15)7(4)18(13,16)17/h1-2,14-15H,3H2,(H2,13,16,17). The molecule has 0 bridgehead atoms. The average molecular weight is 305 g/mol. The van der Waals surface area contributed by atoms with Crippen LogP contribution in [0.1, 0.15) is 0 Å². The number of primary sulfonamides is 1. The maximum Gasteiger partial charge on any atom is 0.351 e. The second-order valence-electron chi connectivity index (χ2n) is 3.28. The zero-order valence-electron chi connectivity index (χ0n) is 8.62. The number of nitrogens with one attached hydrogen (secondary N) is 1. The van der Waals surface area contributed by atoms with Gasteiger partial charge in [0.25, 0.3) is 0 Å². The third kappa shape index (κ3) is 3.18. The van der Waals surface area contributed by atoms with Gasteiger partial charge in [-0.15, -0.1) is 0 Å². The third-order valence-electron chi connectivity index (χ3n) is 1.85. The third-order valence-corrected chi connectivity index (χ3v) is 3.26. The van der Waals surface area contributed by atoms with Crippen molar-refractivity contribution < 1.29 is 26.7 Å². The predicted molar refractivity (Wildman–Crippen MR) is 59.0 cm³/mol. The lowest BCUT2D eigenvalue weighted by Crippen LogP contribution is -2.30. The summed E-state index contributed by atoms with van der Waals surface area (Å²) in [4.78, 5) is -0.913. The monoisotopic (exact) mass is 304 g/mol. The highest BCUT2D eigenvalue weighted by molar-refractivity contribution is 7.89. The summed E-state index contributed by atoms with van der Waals surface area (Å²) in [5.41, 5.74) is -0.703. The van der Waals surface area contributed by atoms with Gasteiger partial charge in [-0.05, 0) is 12.1 Å². The fourth-order valence-corrected chi connectivity index (χ4v) is 2.34. The van der Waals surface area contributed by atoms with E-state index < -0.39 is 44.1 Å². The summed E-state index contributed by atoms with van der Waals surface area (Å²) in [7, 11) is -4.41. The first-order chi connectivity index (χ1) is 8.08. The Hall–Kier alpha value is -1.19. The fraction of sp³-hybridized carbons (Fsp3) is 0.250. The van der Waals surface area contributed by atoms with Crippen LogP contribution in [-0.2, 0) is 10.0 Å². The maximum absolute atomic E-state index is 12.7. The summed E-state index contributed by atoms with van der Waals surface area (Å²) in [6, 6.07) is -2.16. The minimum absolute atomic E-state index is 0.441. The van der Waals surface area contributed by atoms with Crippen LogP contribution in [0.2, 0.25) is 5.02 Å². The fourth-order valence-electron chi connectivity index (χ4n) is 1.15. The van der Waals surface area contributed by atoms with E-state index in [0.29, 0.717) is 0 Å². The highest BCUT2D eigenvalue weighted by atomic mass is 35.5. The summed E-state index contributed by atoms with van der Waals surface area (Å²) in [6.45, 7) is -2.04. The van der Waals surface area contributed by atoms with Crippen LogP contribution in [0, 0.1) is 0 Å². The van der Waals surface area contributed by atoms with Crippen LogP contribution in [0.15, 0.2) is 17.0 Å². The van der Waals surface area contributed by atoms with Crippen molar-refractivity contribution in [2.45, 2.75) is 10.9 Å². The topological polar surface area (TPSA) is 92.4 Å². The van der Waals surface area contributed by atoms with E-state index in [2.05, 4.69) is 0 Å². The molecule has 0 aromatic heterocycles. The number of anilines is 1. The van der Waals surface area contributed by atoms with Gasteiger partial charge in [-0.2, -0.15) is 8.78 Å².